The second-order valence-electron chi connectivity index (χ2n) is 8.06. The predicted octanol–water partition coefficient (Wildman–Crippen LogP) is 3.69. The number of hydrogen-bond donors (Lipinski definition) is 0. The summed E-state index contributed by atoms with van der Waals surface area (Å²) in [6, 6.07) is 7.34. The van der Waals surface area contributed by atoms with Crippen LogP contribution < -0.4 is 4.74 Å². The monoisotopic (exact) mass is 357 g/mol. The van der Waals surface area contributed by atoms with Crippen LogP contribution in [0.4, 0.5) is 0 Å². The molecule has 0 radical (unpaired) electrons. The van der Waals surface area contributed by atoms with E-state index < -0.39 is 0 Å². The maximum Gasteiger partial charge on any atom is 0.257 e. The summed E-state index contributed by atoms with van der Waals surface area (Å²) in [5.41, 5.74) is 0.692. The number of carbonyl (C=O) groups excluding carboxylic acids is 1. The molecule has 1 aromatic carbocycles. The summed E-state index contributed by atoms with van der Waals surface area (Å²) in [5, 5.41) is 8.44. The lowest BCUT2D eigenvalue weighted by atomic mass is 9.92. The number of rotatable bonds is 4. The number of likely N-dealkylation sites (tertiary alicyclic amines) is 1. The van der Waals surface area contributed by atoms with Crippen LogP contribution in [0, 0.1) is 5.41 Å². The van der Waals surface area contributed by atoms with Gasteiger partial charge < -0.3 is 14.1 Å². The van der Waals surface area contributed by atoms with Crippen LogP contribution in [0.2, 0.25) is 0 Å². The zero-order valence-electron chi connectivity index (χ0n) is 16.0. The van der Waals surface area contributed by atoms with E-state index in [4.69, 9.17) is 9.15 Å². The Bertz CT molecular complexity index is 764. The Morgan fingerprint density at radius 1 is 1.31 bits per heavy atom. The molecule has 1 aliphatic rings. The normalized spacial score (nSPS) is 18.0. The van der Waals surface area contributed by atoms with Crippen molar-refractivity contribution in [3.8, 4) is 5.75 Å². The molecule has 1 amide bonds. The molecule has 2 aromatic rings. The molecular formula is C20H27N3O3. The Hall–Kier alpha value is -2.37. The quantitative estimate of drug-likeness (QED) is 0.835. The molecule has 0 N–H and O–H groups in total. The lowest BCUT2D eigenvalue weighted by Gasteiger charge is -2.31. The van der Waals surface area contributed by atoms with Gasteiger partial charge in [0.1, 0.15) is 5.75 Å². The summed E-state index contributed by atoms with van der Waals surface area (Å²) < 4.78 is 11.2. The van der Waals surface area contributed by atoms with E-state index in [1.807, 2.05) is 23.1 Å². The number of para-hydroxylation sites is 1. The molecule has 0 unspecified atom stereocenters. The van der Waals surface area contributed by atoms with Crippen molar-refractivity contribution in [2.45, 2.75) is 46.0 Å². The standard InChI is InChI=1S/C20H27N3O3/c1-20(2,3)12-17-21-22-18(26-17)14-8-7-11-23(13-14)19(24)15-9-5-6-10-16(15)25-4/h5-6,9-10,14H,7-8,11-13H2,1-4H3/t14-/m1/s1. The lowest BCUT2D eigenvalue weighted by molar-refractivity contribution is 0.0694. The van der Waals surface area contributed by atoms with Crippen LogP contribution >= 0.6 is 0 Å². The lowest BCUT2D eigenvalue weighted by Crippen LogP contribution is -2.39. The van der Waals surface area contributed by atoms with Crippen molar-refractivity contribution >= 4 is 5.91 Å². The summed E-state index contributed by atoms with van der Waals surface area (Å²) in [7, 11) is 1.58. The molecule has 1 atom stereocenters. The maximum atomic E-state index is 12.9. The zero-order chi connectivity index (χ0) is 18.7. The van der Waals surface area contributed by atoms with Gasteiger partial charge in [0, 0.05) is 19.5 Å². The molecule has 6 nitrogen and oxygen atoms in total. The fraction of sp³-hybridized carbons (Fsp3) is 0.550. The van der Waals surface area contributed by atoms with E-state index in [1.165, 1.54) is 0 Å². The summed E-state index contributed by atoms with van der Waals surface area (Å²) >= 11 is 0. The van der Waals surface area contributed by atoms with Gasteiger partial charge in [0.15, 0.2) is 0 Å². The predicted molar refractivity (Wildman–Crippen MR) is 98.3 cm³/mol. The average molecular weight is 357 g/mol. The van der Waals surface area contributed by atoms with Crippen molar-refractivity contribution < 1.29 is 13.9 Å². The zero-order valence-corrected chi connectivity index (χ0v) is 16.0. The number of piperidine rings is 1. The molecule has 0 aliphatic carbocycles. The Morgan fingerprint density at radius 3 is 2.81 bits per heavy atom. The fourth-order valence-corrected chi connectivity index (χ4v) is 3.31. The largest absolute Gasteiger partial charge is 0.496 e. The molecule has 2 heterocycles. The number of ether oxygens (including phenoxy) is 1. The second kappa shape index (κ2) is 7.48. The molecule has 1 saturated heterocycles. The van der Waals surface area contributed by atoms with E-state index in [2.05, 4.69) is 31.0 Å². The van der Waals surface area contributed by atoms with Gasteiger partial charge >= 0.3 is 0 Å². The highest BCUT2D eigenvalue weighted by molar-refractivity contribution is 5.97. The minimum atomic E-state index is -0.0124. The molecule has 0 saturated carbocycles. The van der Waals surface area contributed by atoms with Crippen LogP contribution in [0.25, 0.3) is 0 Å². The first-order valence-electron chi connectivity index (χ1n) is 9.12. The van der Waals surface area contributed by atoms with Crippen LogP contribution in [-0.2, 0) is 6.42 Å². The molecule has 0 bridgehead atoms. The van der Waals surface area contributed by atoms with Crippen molar-refractivity contribution in [3.05, 3.63) is 41.6 Å². The number of amides is 1. The Balaban J connectivity index is 1.72. The molecule has 1 aromatic heterocycles. The van der Waals surface area contributed by atoms with E-state index in [1.54, 1.807) is 13.2 Å². The summed E-state index contributed by atoms with van der Waals surface area (Å²) in [5.74, 6) is 1.98. The van der Waals surface area contributed by atoms with Gasteiger partial charge in [0.05, 0.1) is 18.6 Å². The maximum absolute atomic E-state index is 12.9. The average Bonchev–Trinajstić information content (AvgIpc) is 3.07. The van der Waals surface area contributed by atoms with Crippen molar-refractivity contribution in [2.24, 2.45) is 5.41 Å². The van der Waals surface area contributed by atoms with Gasteiger partial charge in [0.25, 0.3) is 5.91 Å². The number of methoxy groups -OCH3 is 1. The van der Waals surface area contributed by atoms with E-state index in [-0.39, 0.29) is 17.2 Å². The van der Waals surface area contributed by atoms with Gasteiger partial charge in [-0.05, 0) is 30.4 Å². The molecule has 140 valence electrons. The van der Waals surface area contributed by atoms with Crippen LogP contribution in [0.15, 0.2) is 28.7 Å². The Labute approximate surface area is 154 Å². The highest BCUT2D eigenvalue weighted by Gasteiger charge is 2.30. The topological polar surface area (TPSA) is 68.5 Å². The third-order valence-corrected chi connectivity index (χ3v) is 4.56. The van der Waals surface area contributed by atoms with Gasteiger partial charge in [-0.25, -0.2) is 0 Å². The first-order chi connectivity index (χ1) is 12.4. The number of hydrogen-bond acceptors (Lipinski definition) is 5. The van der Waals surface area contributed by atoms with Crippen molar-refractivity contribution in [1.82, 2.24) is 15.1 Å². The van der Waals surface area contributed by atoms with Crippen LogP contribution in [0.3, 0.4) is 0 Å². The van der Waals surface area contributed by atoms with Gasteiger partial charge in [-0.1, -0.05) is 32.9 Å². The summed E-state index contributed by atoms with van der Waals surface area (Å²) in [6.45, 7) is 7.76. The molecule has 0 spiro atoms. The smallest absolute Gasteiger partial charge is 0.257 e. The van der Waals surface area contributed by atoms with Crippen molar-refractivity contribution in [3.63, 3.8) is 0 Å². The summed E-state index contributed by atoms with van der Waals surface area (Å²) in [6.07, 6.45) is 2.62. The number of carbonyl (C=O) groups is 1. The second-order valence-corrected chi connectivity index (χ2v) is 8.06. The van der Waals surface area contributed by atoms with E-state index in [0.29, 0.717) is 29.6 Å². The molecule has 6 heteroatoms. The van der Waals surface area contributed by atoms with Crippen LogP contribution in [0.1, 0.15) is 61.7 Å². The number of nitrogens with zero attached hydrogens (tertiary/aromatic N) is 3. The third-order valence-electron chi connectivity index (χ3n) is 4.56. The van der Waals surface area contributed by atoms with Gasteiger partial charge in [-0.2, -0.15) is 0 Å². The first kappa shape index (κ1) is 18.4. The molecule has 26 heavy (non-hydrogen) atoms. The summed E-state index contributed by atoms with van der Waals surface area (Å²) in [4.78, 5) is 14.8. The first-order valence-corrected chi connectivity index (χ1v) is 9.12. The number of benzene rings is 1. The highest BCUT2D eigenvalue weighted by atomic mass is 16.5. The molecule has 1 aliphatic heterocycles. The van der Waals surface area contributed by atoms with Crippen molar-refractivity contribution in [1.29, 1.82) is 0 Å². The SMILES string of the molecule is COc1ccccc1C(=O)N1CCC[C@@H](c2nnc(CC(C)(C)C)o2)C1. The van der Waals surface area contributed by atoms with Crippen molar-refractivity contribution in [2.75, 3.05) is 20.2 Å². The minimum absolute atomic E-state index is 0.0124. The van der Waals surface area contributed by atoms with Gasteiger partial charge in [-0.15, -0.1) is 10.2 Å². The Morgan fingerprint density at radius 2 is 2.08 bits per heavy atom. The number of aromatic nitrogens is 2. The van der Waals surface area contributed by atoms with E-state index in [9.17, 15) is 4.79 Å². The van der Waals surface area contributed by atoms with Gasteiger partial charge in [-0.3, -0.25) is 4.79 Å². The molecule has 3 rings (SSSR count). The third kappa shape index (κ3) is 4.23. The molecule has 1 fully saturated rings. The van der Waals surface area contributed by atoms with Crippen LogP contribution in [-0.4, -0.2) is 41.2 Å². The fourth-order valence-electron chi connectivity index (χ4n) is 3.31. The van der Waals surface area contributed by atoms with Crippen LogP contribution in [0.5, 0.6) is 5.75 Å². The Kier molecular flexibility index (Phi) is 5.30. The van der Waals surface area contributed by atoms with E-state index >= 15 is 0 Å². The molecular weight excluding hydrogens is 330 g/mol. The minimum Gasteiger partial charge on any atom is -0.496 e. The highest BCUT2D eigenvalue weighted by Crippen LogP contribution is 2.29. The van der Waals surface area contributed by atoms with Gasteiger partial charge in [0.2, 0.25) is 11.8 Å². The van der Waals surface area contributed by atoms with E-state index in [0.717, 1.165) is 25.8 Å².